The maximum atomic E-state index is 5.93. The molecule has 0 radical (unpaired) electrons. The van der Waals surface area contributed by atoms with Crippen LogP contribution in [0.25, 0.3) is 0 Å². The summed E-state index contributed by atoms with van der Waals surface area (Å²) in [6.45, 7) is 2.78. The van der Waals surface area contributed by atoms with Crippen molar-refractivity contribution in [2.75, 3.05) is 11.9 Å². The van der Waals surface area contributed by atoms with Crippen LogP contribution < -0.4 is 15.8 Å². The molecule has 0 amide bonds. The van der Waals surface area contributed by atoms with Crippen LogP contribution in [-0.2, 0) is 6.42 Å². The smallest absolute Gasteiger partial charge is 0.123 e. The number of hydrogen-bond acceptors (Lipinski definition) is 3. The van der Waals surface area contributed by atoms with Crippen molar-refractivity contribution >= 4 is 22.9 Å². The molecule has 2 aromatic rings. The number of anilines is 1. The van der Waals surface area contributed by atoms with E-state index >= 15 is 0 Å². The van der Waals surface area contributed by atoms with Crippen molar-refractivity contribution < 1.29 is 4.74 Å². The molecule has 4 heteroatoms. The van der Waals surface area contributed by atoms with Gasteiger partial charge in [0.1, 0.15) is 16.8 Å². The minimum atomic E-state index is 0.141. The second kappa shape index (κ2) is 5.74. The quantitative estimate of drug-likeness (QED) is 0.852. The van der Waals surface area contributed by atoms with Crippen LogP contribution in [0.3, 0.4) is 0 Å². The maximum Gasteiger partial charge on any atom is 0.123 e. The van der Waals surface area contributed by atoms with Gasteiger partial charge in [0, 0.05) is 17.7 Å². The van der Waals surface area contributed by atoms with Crippen LogP contribution in [0.5, 0.6) is 5.75 Å². The van der Waals surface area contributed by atoms with Gasteiger partial charge in [-0.3, -0.25) is 0 Å². The summed E-state index contributed by atoms with van der Waals surface area (Å²) in [5.74, 6) is 0.989. The molecule has 2 aromatic carbocycles. The molecule has 0 fully saturated rings. The van der Waals surface area contributed by atoms with Crippen molar-refractivity contribution in [3.8, 4) is 5.75 Å². The molecule has 3 N–H and O–H groups in total. The summed E-state index contributed by atoms with van der Waals surface area (Å²) in [4.78, 5) is 0.410. The van der Waals surface area contributed by atoms with Gasteiger partial charge in [-0.05, 0) is 36.2 Å². The minimum Gasteiger partial charge on any atom is -0.488 e. The molecular weight excluding hydrogens is 280 g/mol. The molecular formula is C17H18N2OS. The summed E-state index contributed by atoms with van der Waals surface area (Å²) < 4.78 is 5.93. The van der Waals surface area contributed by atoms with Crippen molar-refractivity contribution in [2.24, 2.45) is 5.73 Å². The first-order valence-corrected chi connectivity index (χ1v) is 7.43. The molecule has 1 atom stereocenters. The first-order chi connectivity index (χ1) is 10.1. The highest BCUT2D eigenvalue weighted by Gasteiger charge is 2.22. The maximum absolute atomic E-state index is 5.93. The number of hydrogen-bond donors (Lipinski definition) is 2. The molecule has 0 spiro atoms. The Morgan fingerprint density at radius 3 is 2.90 bits per heavy atom. The van der Waals surface area contributed by atoms with Crippen molar-refractivity contribution in [2.45, 2.75) is 19.4 Å². The molecule has 0 saturated heterocycles. The Balaban J connectivity index is 1.69. The van der Waals surface area contributed by atoms with Crippen molar-refractivity contribution in [3.05, 3.63) is 59.2 Å². The van der Waals surface area contributed by atoms with Crippen LogP contribution in [-0.4, -0.2) is 17.6 Å². The standard InChI is InChI=1S/C17H18N2OS/c1-11-6-7-14(17(18)21)15(8-11)19-10-13-9-12-4-2-3-5-16(12)20-13/h2-8,13,19H,9-10H2,1H3,(H2,18,21). The molecule has 21 heavy (non-hydrogen) atoms. The fourth-order valence-electron chi connectivity index (χ4n) is 2.61. The topological polar surface area (TPSA) is 47.3 Å². The summed E-state index contributed by atoms with van der Waals surface area (Å²) in [6, 6.07) is 14.2. The lowest BCUT2D eigenvalue weighted by Crippen LogP contribution is -2.25. The Labute approximate surface area is 130 Å². The molecule has 1 aliphatic heterocycles. The lowest BCUT2D eigenvalue weighted by Gasteiger charge is -2.16. The van der Waals surface area contributed by atoms with E-state index in [1.165, 1.54) is 11.1 Å². The summed E-state index contributed by atoms with van der Waals surface area (Å²) in [7, 11) is 0. The van der Waals surface area contributed by atoms with Gasteiger partial charge < -0.3 is 15.8 Å². The van der Waals surface area contributed by atoms with Crippen LogP contribution in [0.4, 0.5) is 5.69 Å². The Morgan fingerprint density at radius 1 is 1.33 bits per heavy atom. The highest BCUT2D eigenvalue weighted by Crippen LogP contribution is 2.28. The zero-order valence-electron chi connectivity index (χ0n) is 11.9. The molecule has 1 heterocycles. The Morgan fingerprint density at radius 2 is 2.14 bits per heavy atom. The highest BCUT2D eigenvalue weighted by atomic mass is 32.1. The number of fused-ring (bicyclic) bond motifs is 1. The third kappa shape index (κ3) is 3.00. The van der Waals surface area contributed by atoms with Crippen LogP contribution in [0.2, 0.25) is 0 Å². The third-order valence-electron chi connectivity index (χ3n) is 3.67. The molecule has 0 saturated carbocycles. The van der Waals surface area contributed by atoms with E-state index in [1.54, 1.807) is 0 Å². The van der Waals surface area contributed by atoms with Crippen LogP contribution in [0.1, 0.15) is 16.7 Å². The van der Waals surface area contributed by atoms with Gasteiger partial charge in [0.15, 0.2) is 0 Å². The molecule has 0 aromatic heterocycles. The van der Waals surface area contributed by atoms with E-state index in [2.05, 4.69) is 24.4 Å². The van der Waals surface area contributed by atoms with Gasteiger partial charge in [-0.1, -0.05) is 36.5 Å². The van der Waals surface area contributed by atoms with E-state index in [1.807, 2.05) is 30.3 Å². The number of benzene rings is 2. The molecule has 1 unspecified atom stereocenters. The highest BCUT2D eigenvalue weighted by molar-refractivity contribution is 7.80. The van der Waals surface area contributed by atoms with Gasteiger partial charge in [0.25, 0.3) is 0 Å². The van der Waals surface area contributed by atoms with Gasteiger partial charge in [-0.2, -0.15) is 0 Å². The van der Waals surface area contributed by atoms with E-state index < -0.39 is 0 Å². The first kappa shape index (κ1) is 13.9. The van der Waals surface area contributed by atoms with Gasteiger partial charge in [0.2, 0.25) is 0 Å². The number of thiocarbonyl (C=S) groups is 1. The van der Waals surface area contributed by atoms with Crippen molar-refractivity contribution in [3.63, 3.8) is 0 Å². The summed E-state index contributed by atoms with van der Waals surface area (Å²) in [5.41, 5.74) is 10.1. The first-order valence-electron chi connectivity index (χ1n) is 7.02. The number of ether oxygens (including phenoxy) is 1. The SMILES string of the molecule is Cc1ccc(C(N)=S)c(NCC2Cc3ccccc3O2)c1. The Hall–Kier alpha value is -2.07. The molecule has 0 aliphatic carbocycles. The van der Waals surface area contributed by atoms with E-state index in [0.29, 0.717) is 4.99 Å². The average Bonchev–Trinajstić information content (AvgIpc) is 2.87. The predicted molar refractivity (Wildman–Crippen MR) is 90.1 cm³/mol. The van der Waals surface area contributed by atoms with E-state index in [0.717, 1.165) is 30.0 Å². The predicted octanol–water partition coefficient (Wildman–Crippen LogP) is 3.04. The fraction of sp³-hybridized carbons (Fsp3) is 0.235. The van der Waals surface area contributed by atoms with E-state index in [9.17, 15) is 0 Å². The molecule has 3 nitrogen and oxygen atoms in total. The van der Waals surface area contributed by atoms with E-state index in [4.69, 9.17) is 22.7 Å². The van der Waals surface area contributed by atoms with Gasteiger partial charge >= 0.3 is 0 Å². The normalized spacial score (nSPS) is 16.1. The Kier molecular flexibility index (Phi) is 3.80. The third-order valence-corrected chi connectivity index (χ3v) is 3.89. The summed E-state index contributed by atoms with van der Waals surface area (Å²) in [5, 5.41) is 3.42. The number of nitrogens with two attached hydrogens (primary N) is 1. The molecule has 108 valence electrons. The number of para-hydroxylation sites is 1. The lowest BCUT2D eigenvalue weighted by atomic mass is 10.1. The molecule has 1 aliphatic rings. The largest absolute Gasteiger partial charge is 0.488 e. The van der Waals surface area contributed by atoms with Crippen molar-refractivity contribution in [1.82, 2.24) is 0 Å². The fourth-order valence-corrected chi connectivity index (χ4v) is 2.79. The van der Waals surface area contributed by atoms with Crippen LogP contribution in [0.15, 0.2) is 42.5 Å². The lowest BCUT2D eigenvalue weighted by molar-refractivity contribution is 0.246. The average molecular weight is 298 g/mol. The van der Waals surface area contributed by atoms with Gasteiger partial charge in [-0.25, -0.2) is 0 Å². The Bertz CT molecular complexity index is 659. The second-order valence-corrected chi connectivity index (χ2v) is 5.79. The number of aryl methyl sites for hydroxylation is 1. The zero-order chi connectivity index (χ0) is 14.8. The summed E-state index contributed by atoms with van der Waals surface area (Å²) in [6.07, 6.45) is 1.07. The number of nitrogens with one attached hydrogen (secondary N) is 1. The van der Waals surface area contributed by atoms with E-state index in [-0.39, 0.29) is 6.10 Å². The minimum absolute atomic E-state index is 0.141. The monoisotopic (exact) mass is 298 g/mol. The van der Waals surface area contributed by atoms with Gasteiger partial charge in [0.05, 0.1) is 6.54 Å². The molecule has 3 rings (SSSR count). The van der Waals surface area contributed by atoms with Gasteiger partial charge in [-0.15, -0.1) is 0 Å². The van der Waals surface area contributed by atoms with Crippen molar-refractivity contribution in [1.29, 1.82) is 0 Å². The zero-order valence-corrected chi connectivity index (χ0v) is 12.7. The molecule has 0 bridgehead atoms. The van der Waals surface area contributed by atoms with Crippen LogP contribution in [0, 0.1) is 6.92 Å². The van der Waals surface area contributed by atoms with Crippen LogP contribution >= 0.6 is 12.2 Å². The second-order valence-electron chi connectivity index (χ2n) is 5.35. The number of rotatable bonds is 4. The summed E-state index contributed by atoms with van der Waals surface area (Å²) >= 11 is 5.11.